The molecule has 1 aromatic heterocycles. The molecule has 78 valence electrons. The van der Waals surface area contributed by atoms with Crippen molar-refractivity contribution in [3.63, 3.8) is 0 Å². The highest BCUT2D eigenvalue weighted by atomic mass is 79.9. The SMILES string of the molecule is Nc1onc(Br)c1C1CCCCCC1. The molecular formula is C10H15BrN2O. The van der Waals surface area contributed by atoms with Gasteiger partial charge in [-0.3, -0.25) is 0 Å². The lowest BCUT2D eigenvalue weighted by atomic mass is 9.94. The third-order valence-electron chi connectivity index (χ3n) is 2.98. The molecule has 0 spiro atoms. The van der Waals surface area contributed by atoms with Crippen molar-refractivity contribution in [2.75, 3.05) is 5.73 Å². The summed E-state index contributed by atoms with van der Waals surface area (Å²) in [5, 5.41) is 3.84. The second-order valence-corrected chi connectivity index (χ2v) is 4.69. The molecule has 2 rings (SSSR count). The van der Waals surface area contributed by atoms with E-state index in [-0.39, 0.29) is 0 Å². The molecule has 1 aliphatic carbocycles. The number of nitrogens with two attached hydrogens (primary N) is 1. The summed E-state index contributed by atoms with van der Waals surface area (Å²) in [6, 6.07) is 0. The third kappa shape index (κ3) is 1.95. The van der Waals surface area contributed by atoms with E-state index in [1.165, 1.54) is 38.5 Å². The van der Waals surface area contributed by atoms with E-state index in [1.54, 1.807) is 0 Å². The fraction of sp³-hybridized carbons (Fsp3) is 0.700. The van der Waals surface area contributed by atoms with Crippen molar-refractivity contribution in [3.05, 3.63) is 10.2 Å². The quantitative estimate of drug-likeness (QED) is 0.786. The van der Waals surface area contributed by atoms with Gasteiger partial charge in [-0.15, -0.1) is 0 Å². The van der Waals surface area contributed by atoms with Gasteiger partial charge in [0, 0.05) is 0 Å². The molecule has 1 aromatic rings. The van der Waals surface area contributed by atoms with Crippen molar-refractivity contribution in [1.82, 2.24) is 5.16 Å². The molecule has 14 heavy (non-hydrogen) atoms. The number of nitrogen functional groups attached to an aromatic ring is 1. The van der Waals surface area contributed by atoms with Crippen LogP contribution in [0, 0.1) is 0 Å². The Bertz CT molecular complexity index is 284. The molecule has 0 unspecified atom stereocenters. The molecule has 4 heteroatoms. The number of rotatable bonds is 1. The number of aromatic nitrogens is 1. The van der Waals surface area contributed by atoms with Crippen molar-refractivity contribution in [3.8, 4) is 0 Å². The molecule has 1 heterocycles. The molecule has 0 saturated heterocycles. The van der Waals surface area contributed by atoms with Gasteiger partial charge in [-0.1, -0.05) is 30.8 Å². The lowest BCUT2D eigenvalue weighted by Gasteiger charge is -2.11. The van der Waals surface area contributed by atoms with E-state index in [0.29, 0.717) is 11.8 Å². The maximum absolute atomic E-state index is 5.76. The summed E-state index contributed by atoms with van der Waals surface area (Å²) in [5.41, 5.74) is 6.85. The molecule has 0 aliphatic heterocycles. The Morgan fingerprint density at radius 3 is 2.36 bits per heavy atom. The van der Waals surface area contributed by atoms with Crippen molar-refractivity contribution in [1.29, 1.82) is 0 Å². The Balaban J connectivity index is 2.19. The average molecular weight is 259 g/mol. The van der Waals surface area contributed by atoms with E-state index in [1.807, 2.05) is 0 Å². The van der Waals surface area contributed by atoms with Crippen LogP contribution in [0.3, 0.4) is 0 Å². The van der Waals surface area contributed by atoms with Crippen LogP contribution < -0.4 is 5.73 Å². The van der Waals surface area contributed by atoms with Gasteiger partial charge < -0.3 is 10.3 Å². The van der Waals surface area contributed by atoms with Gasteiger partial charge in [-0.05, 0) is 34.7 Å². The van der Waals surface area contributed by atoms with Crippen molar-refractivity contribution in [2.24, 2.45) is 0 Å². The summed E-state index contributed by atoms with van der Waals surface area (Å²) in [4.78, 5) is 0. The van der Waals surface area contributed by atoms with E-state index in [4.69, 9.17) is 10.3 Å². The van der Waals surface area contributed by atoms with Crippen LogP contribution in [-0.4, -0.2) is 5.16 Å². The van der Waals surface area contributed by atoms with Gasteiger partial charge >= 0.3 is 0 Å². The Labute approximate surface area is 92.2 Å². The summed E-state index contributed by atoms with van der Waals surface area (Å²) < 4.78 is 5.76. The smallest absolute Gasteiger partial charge is 0.226 e. The summed E-state index contributed by atoms with van der Waals surface area (Å²) in [6.07, 6.45) is 7.70. The highest BCUT2D eigenvalue weighted by molar-refractivity contribution is 9.10. The Kier molecular flexibility index (Phi) is 3.11. The van der Waals surface area contributed by atoms with E-state index in [9.17, 15) is 0 Å². The molecule has 1 saturated carbocycles. The Morgan fingerprint density at radius 1 is 1.21 bits per heavy atom. The highest BCUT2D eigenvalue weighted by Gasteiger charge is 2.22. The van der Waals surface area contributed by atoms with Gasteiger partial charge in [-0.25, -0.2) is 0 Å². The predicted molar refractivity (Wildman–Crippen MR) is 59.1 cm³/mol. The zero-order chi connectivity index (χ0) is 9.97. The Hall–Kier alpha value is -0.510. The standard InChI is InChI=1S/C10H15BrN2O/c11-9-8(10(12)14-13-9)7-5-3-1-2-4-6-7/h7H,1-6,12H2. The lowest BCUT2D eigenvalue weighted by molar-refractivity contribution is 0.431. The van der Waals surface area contributed by atoms with Crippen molar-refractivity contribution in [2.45, 2.75) is 44.4 Å². The number of hydrogen-bond donors (Lipinski definition) is 1. The summed E-state index contributed by atoms with van der Waals surface area (Å²) in [6.45, 7) is 0. The van der Waals surface area contributed by atoms with Gasteiger partial charge in [0.05, 0.1) is 5.56 Å². The highest BCUT2D eigenvalue weighted by Crippen LogP contribution is 2.38. The van der Waals surface area contributed by atoms with E-state index in [2.05, 4.69) is 21.1 Å². The molecule has 2 N–H and O–H groups in total. The van der Waals surface area contributed by atoms with E-state index < -0.39 is 0 Å². The van der Waals surface area contributed by atoms with Gasteiger partial charge in [0.25, 0.3) is 0 Å². The topological polar surface area (TPSA) is 52.0 Å². The van der Waals surface area contributed by atoms with Crippen molar-refractivity contribution < 1.29 is 4.52 Å². The van der Waals surface area contributed by atoms with Gasteiger partial charge in [-0.2, -0.15) is 0 Å². The minimum atomic E-state index is 0.490. The summed E-state index contributed by atoms with van der Waals surface area (Å²) in [5.74, 6) is 1.03. The fourth-order valence-electron chi connectivity index (χ4n) is 2.23. The fourth-order valence-corrected chi connectivity index (χ4v) is 2.82. The van der Waals surface area contributed by atoms with Gasteiger partial charge in [0.2, 0.25) is 5.88 Å². The monoisotopic (exact) mass is 258 g/mol. The largest absolute Gasteiger partial charge is 0.367 e. The van der Waals surface area contributed by atoms with E-state index >= 15 is 0 Å². The van der Waals surface area contributed by atoms with Crippen LogP contribution >= 0.6 is 15.9 Å². The molecule has 0 bridgehead atoms. The van der Waals surface area contributed by atoms with Gasteiger partial charge in [0.1, 0.15) is 0 Å². The molecule has 0 atom stereocenters. The first-order chi connectivity index (χ1) is 6.79. The molecule has 0 radical (unpaired) electrons. The number of anilines is 1. The lowest BCUT2D eigenvalue weighted by Crippen LogP contribution is -2.00. The molecule has 3 nitrogen and oxygen atoms in total. The van der Waals surface area contributed by atoms with Crippen LogP contribution in [0.2, 0.25) is 0 Å². The minimum Gasteiger partial charge on any atom is -0.367 e. The molecule has 0 amide bonds. The van der Waals surface area contributed by atoms with Crippen LogP contribution in [0.15, 0.2) is 9.13 Å². The molecular weight excluding hydrogens is 244 g/mol. The van der Waals surface area contributed by atoms with Crippen LogP contribution in [0.4, 0.5) is 5.88 Å². The van der Waals surface area contributed by atoms with Crippen LogP contribution in [0.25, 0.3) is 0 Å². The number of halogens is 1. The second-order valence-electron chi connectivity index (χ2n) is 3.94. The molecule has 0 aromatic carbocycles. The maximum Gasteiger partial charge on any atom is 0.226 e. The van der Waals surface area contributed by atoms with Crippen LogP contribution in [0.1, 0.15) is 50.0 Å². The molecule has 1 aliphatic rings. The van der Waals surface area contributed by atoms with Crippen LogP contribution in [0.5, 0.6) is 0 Å². The normalized spacial score (nSPS) is 19.5. The average Bonchev–Trinajstić information content (AvgIpc) is 2.45. The third-order valence-corrected chi connectivity index (χ3v) is 3.55. The predicted octanol–water partition coefficient (Wildman–Crippen LogP) is 3.46. The second kappa shape index (κ2) is 4.34. The summed E-state index contributed by atoms with van der Waals surface area (Å²) >= 11 is 3.39. The van der Waals surface area contributed by atoms with Crippen molar-refractivity contribution >= 4 is 21.8 Å². The zero-order valence-corrected chi connectivity index (χ0v) is 9.72. The van der Waals surface area contributed by atoms with Crippen LogP contribution in [-0.2, 0) is 0 Å². The number of nitrogens with zero attached hydrogens (tertiary/aromatic N) is 1. The molecule has 1 fully saturated rings. The maximum atomic E-state index is 5.76. The Morgan fingerprint density at radius 2 is 1.86 bits per heavy atom. The van der Waals surface area contributed by atoms with Gasteiger partial charge in [0.15, 0.2) is 4.60 Å². The zero-order valence-electron chi connectivity index (χ0n) is 8.13. The minimum absolute atomic E-state index is 0.490. The first kappa shape index (κ1) is 10.0. The first-order valence-corrected chi connectivity index (χ1v) is 5.99. The summed E-state index contributed by atoms with van der Waals surface area (Å²) in [7, 11) is 0. The van der Waals surface area contributed by atoms with E-state index in [0.717, 1.165) is 10.2 Å². The number of hydrogen-bond acceptors (Lipinski definition) is 3. The first-order valence-electron chi connectivity index (χ1n) is 5.19.